The molecule has 0 bridgehead atoms. The first-order valence-corrected chi connectivity index (χ1v) is 7.51. The number of hydrogen-bond donors (Lipinski definition) is 0. The molecule has 0 heterocycles. The Kier molecular flexibility index (Phi) is 5.41. The van der Waals surface area contributed by atoms with Crippen LogP contribution in [0.15, 0.2) is 54.6 Å². The van der Waals surface area contributed by atoms with Gasteiger partial charge in [0.05, 0.1) is 4.92 Å². The molecule has 0 saturated heterocycles. The summed E-state index contributed by atoms with van der Waals surface area (Å²) in [6.45, 7) is 4.31. The molecule has 0 spiro atoms. The molecule has 0 aliphatic heterocycles. The van der Waals surface area contributed by atoms with Crippen LogP contribution in [-0.4, -0.2) is 10.7 Å². The molecule has 0 amide bonds. The highest BCUT2D eigenvalue weighted by Gasteiger charge is 2.05. The third kappa shape index (κ3) is 4.88. The van der Waals surface area contributed by atoms with Gasteiger partial charge in [-0.25, -0.2) is 0 Å². The summed E-state index contributed by atoms with van der Waals surface area (Å²) in [5.74, 6) is 0.456. The number of rotatable bonds is 6. The smallest absolute Gasteiger partial charge is 0.270 e. The van der Waals surface area contributed by atoms with E-state index in [0.717, 1.165) is 6.42 Å². The van der Waals surface area contributed by atoms with Crippen LogP contribution in [0, 0.1) is 16.0 Å². The van der Waals surface area contributed by atoms with E-state index < -0.39 is 4.92 Å². The number of non-ortho nitro benzene ring substituents is 1. The zero-order valence-corrected chi connectivity index (χ0v) is 13.2. The van der Waals surface area contributed by atoms with Crippen LogP contribution in [0.3, 0.4) is 0 Å². The van der Waals surface area contributed by atoms with E-state index in [1.165, 1.54) is 23.8 Å². The number of ketones is 1. The fraction of sp³-hybridized carbons (Fsp3) is 0.211. The SMILES string of the molecule is CC(C)Cc1ccc(C(=O)/C=C\c2cccc([N+](=O)[O-])c2)cc1. The summed E-state index contributed by atoms with van der Waals surface area (Å²) >= 11 is 0. The lowest BCUT2D eigenvalue weighted by atomic mass is 10.0. The molecule has 0 aromatic heterocycles. The van der Waals surface area contributed by atoms with E-state index in [0.29, 0.717) is 17.0 Å². The predicted octanol–water partition coefficient (Wildman–Crippen LogP) is 4.69. The van der Waals surface area contributed by atoms with Crippen molar-refractivity contribution in [1.29, 1.82) is 0 Å². The number of carbonyl (C=O) groups is 1. The summed E-state index contributed by atoms with van der Waals surface area (Å²) in [6, 6.07) is 13.8. The number of nitro benzene ring substituents is 1. The summed E-state index contributed by atoms with van der Waals surface area (Å²) in [5, 5.41) is 10.7. The molecule has 0 radical (unpaired) electrons. The van der Waals surface area contributed by atoms with E-state index in [2.05, 4.69) is 13.8 Å². The van der Waals surface area contributed by atoms with Crippen LogP contribution < -0.4 is 0 Å². The van der Waals surface area contributed by atoms with Crippen molar-refractivity contribution in [3.05, 3.63) is 81.4 Å². The van der Waals surface area contributed by atoms with Gasteiger partial charge < -0.3 is 0 Å². The van der Waals surface area contributed by atoms with Gasteiger partial charge in [-0.15, -0.1) is 0 Å². The normalized spacial score (nSPS) is 11.1. The molecule has 0 fully saturated rings. The highest BCUT2D eigenvalue weighted by Crippen LogP contribution is 2.15. The van der Waals surface area contributed by atoms with Gasteiger partial charge in [0, 0.05) is 17.7 Å². The second-order valence-electron chi connectivity index (χ2n) is 5.84. The lowest BCUT2D eigenvalue weighted by molar-refractivity contribution is -0.384. The summed E-state index contributed by atoms with van der Waals surface area (Å²) in [7, 11) is 0. The van der Waals surface area contributed by atoms with Crippen LogP contribution in [0.2, 0.25) is 0 Å². The molecule has 0 atom stereocenters. The van der Waals surface area contributed by atoms with E-state index in [1.807, 2.05) is 24.3 Å². The lowest BCUT2D eigenvalue weighted by Gasteiger charge is -2.05. The minimum absolute atomic E-state index is 0.0117. The summed E-state index contributed by atoms with van der Waals surface area (Å²) in [6.07, 6.45) is 4.02. The van der Waals surface area contributed by atoms with Crippen molar-refractivity contribution in [3.63, 3.8) is 0 Å². The first-order valence-electron chi connectivity index (χ1n) is 7.51. The fourth-order valence-corrected chi connectivity index (χ4v) is 2.29. The van der Waals surface area contributed by atoms with Crippen LogP contribution in [0.25, 0.3) is 6.08 Å². The van der Waals surface area contributed by atoms with Crippen molar-refractivity contribution in [2.24, 2.45) is 5.92 Å². The molecular weight excluding hydrogens is 290 g/mol. The second-order valence-corrected chi connectivity index (χ2v) is 5.84. The van der Waals surface area contributed by atoms with Crippen LogP contribution in [0.4, 0.5) is 5.69 Å². The van der Waals surface area contributed by atoms with Gasteiger partial charge in [0.25, 0.3) is 5.69 Å². The number of allylic oxidation sites excluding steroid dienone is 1. The van der Waals surface area contributed by atoms with E-state index in [9.17, 15) is 14.9 Å². The van der Waals surface area contributed by atoms with Gasteiger partial charge in [-0.05, 0) is 29.5 Å². The van der Waals surface area contributed by atoms with E-state index in [-0.39, 0.29) is 11.5 Å². The third-order valence-corrected chi connectivity index (χ3v) is 3.39. The topological polar surface area (TPSA) is 60.2 Å². The molecule has 0 aliphatic carbocycles. The molecule has 2 aromatic rings. The van der Waals surface area contributed by atoms with Gasteiger partial charge in [0.15, 0.2) is 5.78 Å². The number of benzene rings is 2. The number of nitrogens with zero attached hydrogens (tertiary/aromatic N) is 1. The minimum Gasteiger partial charge on any atom is -0.289 e. The zero-order chi connectivity index (χ0) is 16.8. The van der Waals surface area contributed by atoms with Gasteiger partial charge in [0.2, 0.25) is 0 Å². The highest BCUT2D eigenvalue weighted by atomic mass is 16.6. The highest BCUT2D eigenvalue weighted by molar-refractivity contribution is 6.06. The Balaban J connectivity index is 2.09. The first kappa shape index (κ1) is 16.6. The van der Waals surface area contributed by atoms with E-state index in [1.54, 1.807) is 18.2 Å². The molecular formula is C19H19NO3. The van der Waals surface area contributed by atoms with E-state index >= 15 is 0 Å². The fourth-order valence-electron chi connectivity index (χ4n) is 2.29. The van der Waals surface area contributed by atoms with Crippen LogP contribution in [0.5, 0.6) is 0 Å². The van der Waals surface area contributed by atoms with Crippen molar-refractivity contribution >= 4 is 17.5 Å². The van der Waals surface area contributed by atoms with Crippen molar-refractivity contribution in [1.82, 2.24) is 0 Å². The Labute approximate surface area is 135 Å². The lowest BCUT2D eigenvalue weighted by Crippen LogP contribution is -1.97. The van der Waals surface area contributed by atoms with Gasteiger partial charge in [-0.3, -0.25) is 14.9 Å². The van der Waals surface area contributed by atoms with Crippen LogP contribution >= 0.6 is 0 Å². The summed E-state index contributed by atoms with van der Waals surface area (Å²) < 4.78 is 0. The quantitative estimate of drug-likeness (QED) is 0.336. The maximum Gasteiger partial charge on any atom is 0.270 e. The molecule has 0 aliphatic rings. The molecule has 2 aromatic carbocycles. The second kappa shape index (κ2) is 7.49. The Bertz CT molecular complexity index is 731. The first-order chi connectivity index (χ1) is 11.0. The number of hydrogen-bond acceptors (Lipinski definition) is 3. The predicted molar refractivity (Wildman–Crippen MR) is 91.4 cm³/mol. The molecule has 2 rings (SSSR count). The average molecular weight is 309 g/mol. The Hall–Kier alpha value is -2.75. The third-order valence-electron chi connectivity index (χ3n) is 3.39. The van der Waals surface area contributed by atoms with Gasteiger partial charge >= 0.3 is 0 Å². The Morgan fingerprint density at radius 3 is 2.48 bits per heavy atom. The molecule has 23 heavy (non-hydrogen) atoms. The van der Waals surface area contributed by atoms with Crippen molar-refractivity contribution in [2.75, 3.05) is 0 Å². The summed E-state index contributed by atoms with van der Waals surface area (Å²) in [4.78, 5) is 22.4. The maximum absolute atomic E-state index is 12.1. The Morgan fingerprint density at radius 2 is 1.87 bits per heavy atom. The van der Waals surface area contributed by atoms with Crippen molar-refractivity contribution in [3.8, 4) is 0 Å². The van der Waals surface area contributed by atoms with Gasteiger partial charge in [-0.2, -0.15) is 0 Å². The largest absolute Gasteiger partial charge is 0.289 e. The van der Waals surface area contributed by atoms with Crippen LogP contribution in [-0.2, 0) is 6.42 Å². The molecule has 0 saturated carbocycles. The van der Waals surface area contributed by atoms with Gasteiger partial charge in [0.1, 0.15) is 0 Å². The van der Waals surface area contributed by atoms with Gasteiger partial charge in [-0.1, -0.05) is 56.3 Å². The molecule has 0 N–H and O–H groups in total. The zero-order valence-electron chi connectivity index (χ0n) is 13.2. The Morgan fingerprint density at radius 1 is 1.17 bits per heavy atom. The average Bonchev–Trinajstić information content (AvgIpc) is 2.53. The molecule has 4 nitrogen and oxygen atoms in total. The maximum atomic E-state index is 12.1. The molecule has 0 unspecified atom stereocenters. The van der Waals surface area contributed by atoms with Crippen molar-refractivity contribution < 1.29 is 9.72 Å². The van der Waals surface area contributed by atoms with Crippen molar-refractivity contribution in [2.45, 2.75) is 20.3 Å². The monoisotopic (exact) mass is 309 g/mol. The number of nitro groups is 1. The summed E-state index contributed by atoms with van der Waals surface area (Å²) in [5.41, 5.74) is 2.46. The molecule has 118 valence electrons. The number of carbonyl (C=O) groups excluding carboxylic acids is 1. The van der Waals surface area contributed by atoms with Crippen LogP contribution in [0.1, 0.15) is 35.3 Å². The van der Waals surface area contributed by atoms with E-state index in [4.69, 9.17) is 0 Å². The minimum atomic E-state index is -0.452. The molecule has 4 heteroatoms. The standard InChI is InChI=1S/C19H19NO3/c1-14(2)12-16-6-9-17(10-7-16)19(21)11-8-15-4-3-5-18(13-15)20(22)23/h3-11,13-14H,12H2,1-2H3/b11-8-.